The first-order valence-corrected chi connectivity index (χ1v) is 11.1. The van der Waals surface area contributed by atoms with Gasteiger partial charge >= 0.3 is 0 Å². The lowest BCUT2D eigenvalue weighted by molar-refractivity contribution is -0.176. The quantitative estimate of drug-likeness (QED) is 0.382. The molecule has 0 spiro atoms. The summed E-state index contributed by atoms with van der Waals surface area (Å²) in [5.41, 5.74) is -0.574. The highest BCUT2D eigenvalue weighted by molar-refractivity contribution is 8.22. The number of ether oxygens (including phenoxy) is 3. The molecule has 0 aromatic heterocycles. The normalized spacial score (nSPS) is 21.2. The van der Waals surface area contributed by atoms with Crippen molar-refractivity contribution in [3.05, 3.63) is 0 Å². The maximum Gasteiger partial charge on any atom is 0.220 e. The molecule has 0 saturated carbocycles. The zero-order chi connectivity index (χ0) is 19.1. The fourth-order valence-corrected chi connectivity index (χ4v) is 4.08. The van der Waals surface area contributed by atoms with E-state index in [-0.39, 0.29) is 23.4 Å². The van der Waals surface area contributed by atoms with E-state index in [1.54, 1.807) is 11.8 Å². The minimum Gasteiger partial charge on any atom is -0.474 e. The molecule has 1 aliphatic rings. The summed E-state index contributed by atoms with van der Waals surface area (Å²) in [6.45, 7) is 16.0. The molecule has 0 amide bonds. The largest absolute Gasteiger partial charge is 0.474 e. The van der Waals surface area contributed by atoms with Crippen molar-refractivity contribution in [1.29, 1.82) is 0 Å². The third-order valence-corrected chi connectivity index (χ3v) is 6.40. The van der Waals surface area contributed by atoms with E-state index in [1.807, 2.05) is 0 Å². The third-order valence-electron chi connectivity index (χ3n) is 5.08. The van der Waals surface area contributed by atoms with E-state index in [4.69, 9.17) is 26.4 Å². The van der Waals surface area contributed by atoms with E-state index >= 15 is 0 Å². The fourth-order valence-electron chi connectivity index (χ4n) is 3.03. The number of thiocarbonyl (C=S) groups is 1. The molecule has 1 saturated heterocycles. The van der Waals surface area contributed by atoms with Crippen molar-refractivity contribution in [3.8, 4) is 0 Å². The average molecular weight is 391 g/mol. The maximum atomic E-state index is 6.39. The lowest BCUT2D eigenvalue weighted by Crippen LogP contribution is -2.45. The number of unbranched alkanes of at least 4 members (excludes halogenated alkanes) is 1. The molecule has 3 unspecified atom stereocenters. The van der Waals surface area contributed by atoms with Gasteiger partial charge in [-0.3, -0.25) is 0 Å². The predicted molar refractivity (Wildman–Crippen MR) is 113 cm³/mol. The molecule has 0 N–H and O–H groups in total. The van der Waals surface area contributed by atoms with Crippen molar-refractivity contribution in [2.75, 3.05) is 12.4 Å². The van der Waals surface area contributed by atoms with Gasteiger partial charge in [0.05, 0.1) is 23.9 Å². The van der Waals surface area contributed by atoms with E-state index in [2.05, 4.69) is 48.5 Å². The highest BCUT2D eigenvalue weighted by atomic mass is 32.2. The van der Waals surface area contributed by atoms with Crippen LogP contribution in [-0.4, -0.2) is 40.2 Å². The van der Waals surface area contributed by atoms with Gasteiger partial charge in [0.25, 0.3) is 0 Å². The van der Waals surface area contributed by atoms with Crippen LogP contribution in [0.1, 0.15) is 80.6 Å². The second kappa shape index (κ2) is 10.5. The maximum absolute atomic E-state index is 6.39. The Bertz CT molecular complexity index is 410. The Morgan fingerprint density at radius 2 is 1.96 bits per heavy atom. The molecule has 0 aromatic rings. The van der Waals surface area contributed by atoms with Gasteiger partial charge in [0.15, 0.2) is 0 Å². The van der Waals surface area contributed by atoms with Gasteiger partial charge in [-0.25, -0.2) is 0 Å². The standard InChI is InChI=1S/C20H38O3S2/c1-8-10-11-16(9-2)13-21-20(6,7)15(3)23-19(4,5)12-17-14-25-18(24)22-17/h15-17H,8-14H2,1-7H3. The average Bonchev–Trinajstić information content (AvgIpc) is 2.91. The first kappa shape index (κ1) is 23.2. The van der Waals surface area contributed by atoms with Crippen LogP contribution in [0.2, 0.25) is 0 Å². The number of thioether (sulfide) groups is 1. The Kier molecular flexibility index (Phi) is 9.73. The van der Waals surface area contributed by atoms with Crippen molar-refractivity contribution >= 4 is 28.4 Å². The molecule has 1 fully saturated rings. The molecule has 0 bridgehead atoms. The van der Waals surface area contributed by atoms with Crippen molar-refractivity contribution in [2.45, 2.75) is 104 Å². The van der Waals surface area contributed by atoms with Crippen LogP contribution in [0, 0.1) is 5.92 Å². The van der Waals surface area contributed by atoms with Crippen molar-refractivity contribution < 1.29 is 14.2 Å². The van der Waals surface area contributed by atoms with Crippen LogP contribution in [0.15, 0.2) is 0 Å². The van der Waals surface area contributed by atoms with Crippen LogP contribution in [0.4, 0.5) is 0 Å². The SMILES string of the molecule is CCCCC(CC)COC(C)(C)C(C)OC(C)(C)CC1CSC(=S)O1. The Labute approximate surface area is 164 Å². The Balaban J connectivity index is 2.48. The van der Waals surface area contributed by atoms with Gasteiger partial charge < -0.3 is 14.2 Å². The molecule has 1 aliphatic heterocycles. The van der Waals surface area contributed by atoms with Gasteiger partial charge in [-0.05, 0) is 59.2 Å². The Morgan fingerprint density at radius 3 is 2.48 bits per heavy atom. The number of rotatable bonds is 12. The van der Waals surface area contributed by atoms with Crippen LogP contribution in [0.25, 0.3) is 0 Å². The van der Waals surface area contributed by atoms with Gasteiger partial charge in [0.1, 0.15) is 6.10 Å². The van der Waals surface area contributed by atoms with E-state index in [0.717, 1.165) is 18.8 Å². The van der Waals surface area contributed by atoms with Crippen molar-refractivity contribution in [1.82, 2.24) is 0 Å². The lowest BCUT2D eigenvalue weighted by Gasteiger charge is -2.39. The number of hydrogen-bond donors (Lipinski definition) is 0. The molecule has 148 valence electrons. The van der Waals surface area contributed by atoms with E-state index < -0.39 is 0 Å². The summed E-state index contributed by atoms with van der Waals surface area (Å²) < 4.78 is 19.0. The van der Waals surface area contributed by atoms with E-state index in [9.17, 15) is 0 Å². The third kappa shape index (κ3) is 8.59. The smallest absolute Gasteiger partial charge is 0.220 e. The summed E-state index contributed by atoms with van der Waals surface area (Å²) in [6.07, 6.45) is 5.96. The summed E-state index contributed by atoms with van der Waals surface area (Å²) >= 11 is 6.73. The Hall–Kier alpha value is 0.160. The van der Waals surface area contributed by atoms with Crippen LogP contribution < -0.4 is 0 Å². The molecule has 3 atom stereocenters. The summed E-state index contributed by atoms with van der Waals surface area (Å²) in [4.78, 5) is 0. The molecule has 5 heteroatoms. The second-order valence-corrected chi connectivity index (χ2v) is 9.98. The van der Waals surface area contributed by atoms with Gasteiger partial charge in [-0.1, -0.05) is 44.9 Å². The monoisotopic (exact) mass is 390 g/mol. The predicted octanol–water partition coefficient (Wildman–Crippen LogP) is 5.99. The molecule has 0 radical (unpaired) electrons. The van der Waals surface area contributed by atoms with Gasteiger partial charge in [-0.2, -0.15) is 0 Å². The van der Waals surface area contributed by atoms with Crippen molar-refractivity contribution in [2.24, 2.45) is 5.92 Å². The summed E-state index contributed by atoms with van der Waals surface area (Å²) in [5, 5.41) is 0. The molecule has 0 aliphatic carbocycles. The van der Waals surface area contributed by atoms with Crippen LogP contribution in [0.3, 0.4) is 0 Å². The topological polar surface area (TPSA) is 27.7 Å². The first-order valence-electron chi connectivity index (χ1n) is 9.74. The van der Waals surface area contributed by atoms with Gasteiger partial charge in [0, 0.05) is 12.2 Å². The van der Waals surface area contributed by atoms with Crippen LogP contribution >= 0.6 is 24.0 Å². The van der Waals surface area contributed by atoms with Crippen LogP contribution in [0.5, 0.6) is 0 Å². The minimum atomic E-state index is -0.308. The zero-order valence-corrected chi connectivity index (χ0v) is 18.9. The lowest BCUT2D eigenvalue weighted by atomic mass is 9.96. The van der Waals surface area contributed by atoms with Crippen LogP contribution in [-0.2, 0) is 14.2 Å². The molecular weight excluding hydrogens is 352 g/mol. The summed E-state index contributed by atoms with van der Waals surface area (Å²) in [6, 6.07) is 0. The highest BCUT2D eigenvalue weighted by Crippen LogP contribution is 2.31. The molecule has 1 rings (SSSR count). The Morgan fingerprint density at radius 1 is 1.28 bits per heavy atom. The van der Waals surface area contributed by atoms with E-state index in [0.29, 0.717) is 10.3 Å². The fraction of sp³-hybridized carbons (Fsp3) is 0.950. The van der Waals surface area contributed by atoms with Gasteiger partial charge in [-0.15, -0.1) is 0 Å². The minimum absolute atomic E-state index is 0.00666. The van der Waals surface area contributed by atoms with Crippen molar-refractivity contribution in [3.63, 3.8) is 0 Å². The highest BCUT2D eigenvalue weighted by Gasteiger charge is 2.36. The molecule has 3 nitrogen and oxygen atoms in total. The first-order chi connectivity index (χ1) is 11.6. The second-order valence-electron chi connectivity index (χ2n) is 8.36. The molecule has 1 heterocycles. The van der Waals surface area contributed by atoms with Gasteiger partial charge in [0.2, 0.25) is 4.38 Å². The van der Waals surface area contributed by atoms with E-state index in [1.165, 1.54) is 25.7 Å². The molecule has 25 heavy (non-hydrogen) atoms. The molecular formula is C20H38O3S2. The number of hydrogen-bond acceptors (Lipinski definition) is 5. The summed E-state index contributed by atoms with van der Waals surface area (Å²) in [7, 11) is 0. The molecule has 0 aromatic carbocycles. The zero-order valence-electron chi connectivity index (χ0n) is 17.2. The summed E-state index contributed by atoms with van der Waals surface area (Å²) in [5.74, 6) is 1.57.